The van der Waals surface area contributed by atoms with Crippen molar-refractivity contribution in [1.29, 1.82) is 0 Å². The number of carbonyl (C=O) groups is 1. The van der Waals surface area contributed by atoms with E-state index in [9.17, 15) is 4.79 Å². The number of benzene rings is 1. The van der Waals surface area contributed by atoms with Gasteiger partial charge in [0.2, 0.25) is 0 Å². The van der Waals surface area contributed by atoms with E-state index >= 15 is 0 Å². The van der Waals surface area contributed by atoms with Crippen LogP contribution in [0.1, 0.15) is 18.4 Å². The lowest BCUT2D eigenvalue weighted by molar-refractivity contribution is -0.888. The lowest BCUT2D eigenvalue weighted by atomic mass is 10.1. The highest BCUT2D eigenvalue weighted by atomic mass is 16.6. The molecule has 1 heterocycles. The largest absolute Gasteiger partial charge is 0.482 e. The molecular formula is C15H22NO3+. The third-order valence-electron chi connectivity index (χ3n) is 3.38. The fourth-order valence-electron chi connectivity index (χ4n) is 2.32. The van der Waals surface area contributed by atoms with Gasteiger partial charge in [0, 0.05) is 6.42 Å². The van der Waals surface area contributed by atoms with Gasteiger partial charge in [-0.3, -0.25) is 0 Å². The van der Waals surface area contributed by atoms with Crippen molar-refractivity contribution in [3.63, 3.8) is 0 Å². The molecule has 1 aromatic rings. The highest BCUT2D eigenvalue weighted by Gasteiger charge is 2.23. The summed E-state index contributed by atoms with van der Waals surface area (Å²) >= 11 is 0. The number of aryl methyl sites for hydroxylation is 1. The Kier molecular flexibility index (Phi) is 4.80. The summed E-state index contributed by atoms with van der Waals surface area (Å²) < 4.78 is 10.8. The Morgan fingerprint density at radius 3 is 2.79 bits per heavy atom. The first-order valence-electron chi connectivity index (χ1n) is 6.84. The lowest BCUT2D eigenvalue weighted by Crippen LogP contribution is -3.11. The molecule has 1 aliphatic rings. The predicted octanol–water partition coefficient (Wildman–Crippen LogP) is 0.594. The topological polar surface area (TPSA) is 40.0 Å². The fraction of sp³-hybridized carbons (Fsp3) is 0.533. The molecule has 2 atom stereocenters. The first kappa shape index (κ1) is 13.9. The van der Waals surface area contributed by atoms with E-state index in [0.717, 1.165) is 25.9 Å². The van der Waals surface area contributed by atoms with Gasteiger partial charge in [-0.25, -0.2) is 4.79 Å². The van der Waals surface area contributed by atoms with Crippen molar-refractivity contribution in [1.82, 2.24) is 0 Å². The molecule has 0 aliphatic carbocycles. The van der Waals surface area contributed by atoms with Crippen molar-refractivity contribution in [2.45, 2.75) is 25.9 Å². The molecule has 1 aromatic carbocycles. The standard InChI is InChI=1S/C15H21NO3/c1-12-5-7-13(8-6-12)18-11-15(17)19-14-4-3-9-16(2)10-14/h5-8,14H,3-4,9-11H2,1-2H3/p+1/t14-/m0/s1. The van der Waals surface area contributed by atoms with E-state index in [-0.39, 0.29) is 18.7 Å². The van der Waals surface area contributed by atoms with Crippen LogP contribution in [-0.2, 0) is 9.53 Å². The van der Waals surface area contributed by atoms with Gasteiger partial charge in [0.1, 0.15) is 12.3 Å². The number of rotatable bonds is 4. The molecule has 1 N–H and O–H groups in total. The Morgan fingerprint density at radius 1 is 1.37 bits per heavy atom. The maximum absolute atomic E-state index is 11.7. The molecule has 4 heteroatoms. The van der Waals surface area contributed by atoms with Crippen LogP contribution in [0.25, 0.3) is 0 Å². The summed E-state index contributed by atoms with van der Waals surface area (Å²) in [5.74, 6) is 0.425. The van der Waals surface area contributed by atoms with Crippen LogP contribution in [0.2, 0.25) is 0 Å². The molecule has 4 nitrogen and oxygen atoms in total. The van der Waals surface area contributed by atoms with Gasteiger partial charge in [-0.05, 0) is 25.5 Å². The summed E-state index contributed by atoms with van der Waals surface area (Å²) in [5, 5.41) is 0. The monoisotopic (exact) mass is 264 g/mol. The number of esters is 1. The Labute approximate surface area is 114 Å². The van der Waals surface area contributed by atoms with E-state index in [0.29, 0.717) is 5.75 Å². The number of nitrogens with one attached hydrogen (secondary N) is 1. The van der Waals surface area contributed by atoms with Crippen LogP contribution in [-0.4, -0.2) is 38.8 Å². The zero-order valence-corrected chi connectivity index (χ0v) is 11.6. The second-order valence-corrected chi connectivity index (χ2v) is 5.27. The van der Waals surface area contributed by atoms with Gasteiger partial charge in [-0.15, -0.1) is 0 Å². The van der Waals surface area contributed by atoms with Gasteiger partial charge < -0.3 is 14.4 Å². The lowest BCUT2D eigenvalue weighted by Gasteiger charge is -2.26. The number of hydrogen-bond acceptors (Lipinski definition) is 3. The van der Waals surface area contributed by atoms with E-state index < -0.39 is 0 Å². The van der Waals surface area contributed by atoms with Gasteiger partial charge in [0.15, 0.2) is 12.7 Å². The minimum Gasteiger partial charge on any atom is -0.482 e. The molecule has 104 valence electrons. The van der Waals surface area contributed by atoms with Gasteiger partial charge in [0.25, 0.3) is 0 Å². The van der Waals surface area contributed by atoms with Crippen LogP contribution in [0, 0.1) is 6.92 Å². The predicted molar refractivity (Wildman–Crippen MR) is 72.4 cm³/mol. The summed E-state index contributed by atoms with van der Waals surface area (Å²) in [6, 6.07) is 7.64. The summed E-state index contributed by atoms with van der Waals surface area (Å²) in [6.45, 7) is 4.06. The molecule has 19 heavy (non-hydrogen) atoms. The van der Waals surface area contributed by atoms with Crippen molar-refractivity contribution < 1.29 is 19.2 Å². The van der Waals surface area contributed by atoms with Crippen LogP contribution >= 0.6 is 0 Å². The number of carbonyl (C=O) groups excluding carboxylic acids is 1. The number of hydrogen-bond donors (Lipinski definition) is 1. The number of quaternary nitrogens is 1. The third kappa shape index (κ3) is 4.56. The quantitative estimate of drug-likeness (QED) is 0.809. The van der Waals surface area contributed by atoms with E-state index in [1.54, 1.807) is 0 Å². The van der Waals surface area contributed by atoms with Gasteiger partial charge in [-0.1, -0.05) is 17.7 Å². The van der Waals surface area contributed by atoms with Crippen molar-refractivity contribution in [3.05, 3.63) is 29.8 Å². The summed E-state index contributed by atoms with van der Waals surface area (Å²) in [7, 11) is 2.13. The Morgan fingerprint density at radius 2 is 2.11 bits per heavy atom. The van der Waals surface area contributed by atoms with Crippen LogP contribution < -0.4 is 9.64 Å². The van der Waals surface area contributed by atoms with Crippen LogP contribution in [0.15, 0.2) is 24.3 Å². The van der Waals surface area contributed by atoms with E-state index in [1.165, 1.54) is 10.5 Å². The molecule has 0 spiro atoms. The van der Waals surface area contributed by atoms with Gasteiger partial charge >= 0.3 is 5.97 Å². The molecule has 1 fully saturated rings. The fourth-order valence-corrected chi connectivity index (χ4v) is 2.32. The Hall–Kier alpha value is -1.55. The molecule has 0 amide bonds. The van der Waals surface area contributed by atoms with Crippen LogP contribution in [0.5, 0.6) is 5.75 Å². The average Bonchev–Trinajstić information content (AvgIpc) is 2.38. The van der Waals surface area contributed by atoms with E-state index in [1.807, 2.05) is 31.2 Å². The number of likely N-dealkylation sites (tertiary alicyclic amines) is 1. The minimum absolute atomic E-state index is 0.0153. The smallest absolute Gasteiger partial charge is 0.344 e. The zero-order valence-electron chi connectivity index (χ0n) is 11.6. The van der Waals surface area contributed by atoms with Crippen molar-refractivity contribution in [2.75, 3.05) is 26.7 Å². The first-order chi connectivity index (χ1) is 9.13. The highest BCUT2D eigenvalue weighted by molar-refractivity contribution is 5.71. The van der Waals surface area contributed by atoms with Gasteiger partial charge in [0.05, 0.1) is 13.6 Å². The second-order valence-electron chi connectivity index (χ2n) is 5.27. The summed E-state index contributed by atoms with van der Waals surface area (Å²) in [5.41, 5.74) is 1.17. The van der Waals surface area contributed by atoms with Crippen LogP contribution in [0.4, 0.5) is 0 Å². The number of piperidine rings is 1. The third-order valence-corrected chi connectivity index (χ3v) is 3.38. The SMILES string of the molecule is Cc1ccc(OCC(=O)O[C@H]2CCC[NH+](C)C2)cc1. The molecule has 0 aromatic heterocycles. The molecular weight excluding hydrogens is 242 g/mol. The molecule has 1 unspecified atom stereocenters. The molecule has 1 saturated heterocycles. The number of likely N-dealkylation sites (N-methyl/N-ethyl adjacent to an activating group) is 1. The average molecular weight is 264 g/mol. The molecule has 0 saturated carbocycles. The second kappa shape index (κ2) is 6.57. The van der Waals surface area contributed by atoms with E-state index in [4.69, 9.17) is 9.47 Å². The molecule has 0 radical (unpaired) electrons. The molecule has 2 rings (SSSR count). The maximum Gasteiger partial charge on any atom is 0.344 e. The molecule has 1 aliphatic heterocycles. The molecule has 0 bridgehead atoms. The number of ether oxygens (including phenoxy) is 2. The summed E-state index contributed by atoms with van der Waals surface area (Å²) in [6.07, 6.45) is 2.12. The highest BCUT2D eigenvalue weighted by Crippen LogP contribution is 2.11. The zero-order chi connectivity index (χ0) is 13.7. The first-order valence-corrected chi connectivity index (χ1v) is 6.84. The summed E-state index contributed by atoms with van der Waals surface area (Å²) in [4.78, 5) is 13.1. The van der Waals surface area contributed by atoms with Crippen LogP contribution in [0.3, 0.4) is 0 Å². The normalized spacial score (nSPS) is 22.8. The maximum atomic E-state index is 11.7. The Bertz CT molecular complexity index is 416. The Balaban J connectivity index is 1.73. The minimum atomic E-state index is -0.278. The van der Waals surface area contributed by atoms with Crippen molar-refractivity contribution in [3.8, 4) is 5.75 Å². The van der Waals surface area contributed by atoms with Crippen molar-refractivity contribution in [2.24, 2.45) is 0 Å². The van der Waals surface area contributed by atoms with Gasteiger partial charge in [-0.2, -0.15) is 0 Å². The van der Waals surface area contributed by atoms with Crippen molar-refractivity contribution >= 4 is 5.97 Å². The van der Waals surface area contributed by atoms with E-state index in [2.05, 4.69) is 7.05 Å².